The van der Waals surface area contributed by atoms with Gasteiger partial charge in [0.2, 0.25) is 0 Å². The third-order valence-electron chi connectivity index (χ3n) is 4.80. The van der Waals surface area contributed by atoms with Crippen LogP contribution in [0.25, 0.3) is 6.08 Å². The predicted octanol–water partition coefficient (Wildman–Crippen LogP) is 5.71. The van der Waals surface area contributed by atoms with Crippen molar-refractivity contribution < 1.29 is 9.53 Å². The second-order valence-corrected chi connectivity index (χ2v) is 7.78. The zero-order valence-electron chi connectivity index (χ0n) is 16.9. The monoisotopic (exact) mass is 455 g/mol. The van der Waals surface area contributed by atoms with Crippen LogP contribution in [0.2, 0.25) is 5.02 Å². The summed E-state index contributed by atoms with van der Waals surface area (Å²) in [4.78, 5) is 12.9. The molecule has 160 valence electrons. The first-order valence-electron chi connectivity index (χ1n) is 9.58. The van der Waals surface area contributed by atoms with Gasteiger partial charge in [-0.3, -0.25) is 4.79 Å². The summed E-state index contributed by atoms with van der Waals surface area (Å²) < 4.78 is 5.82. The molecule has 3 aromatic rings. The fourth-order valence-electron chi connectivity index (χ4n) is 3.27. The average molecular weight is 456 g/mol. The molecule has 1 atom stereocenters. The molecule has 1 amide bonds. The van der Waals surface area contributed by atoms with E-state index in [0.29, 0.717) is 22.0 Å². The van der Waals surface area contributed by atoms with E-state index in [1.807, 2.05) is 67.6 Å². The van der Waals surface area contributed by atoms with Crippen molar-refractivity contribution in [3.8, 4) is 5.75 Å². The zero-order valence-corrected chi connectivity index (χ0v) is 18.5. The van der Waals surface area contributed by atoms with Gasteiger partial charge in [-0.1, -0.05) is 48.0 Å². The maximum Gasteiger partial charge on any atom is 0.256 e. The molecule has 0 bridgehead atoms. The van der Waals surface area contributed by atoms with E-state index in [0.717, 1.165) is 16.8 Å². The minimum Gasteiger partial charge on any atom is -0.487 e. The Labute approximate surface area is 192 Å². The lowest BCUT2D eigenvalue weighted by atomic mass is 10.0. The molecule has 7 heteroatoms. The SMILES string of the molecule is CC1(N)C=Cc2cc(NC(=O)c3ccccc3COc3ccccc3Cl)ccc2N1.Cl. The molecule has 4 rings (SSSR count). The summed E-state index contributed by atoms with van der Waals surface area (Å²) in [7, 11) is 0. The first-order chi connectivity index (χ1) is 14.4. The molecule has 0 aliphatic carbocycles. The van der Waals surface area contributed by atoms with Crippen LogP contribution in [0.1, 0.15) is 28.4 Å². The molecule has 1 unspecified atom stereocenters. The highest BCUT2D eigenvalue weighted by molar-refractivity contribution is 6.32. The average Bonchev–Trinajstić information content (AvgIpc) is 2.73. The molecule has 1 aliphatic heterocycles. The van der Waals surface area contributed by atoms with E-state index in [1.165, 1.54) is 0 Å². The number of hydrogen-bond acceptors (Lipinski definition) is 4. The van der Waals surface area contributed by atoms with Crippen LogP contribution in [0, 0.1) is 0 Å². The number of carbonyl (C=O) groups is 1. The third kappa shape index (κ3) is 5.39. The van der Waals surface area contributed by atoms with Gasteiger partial charge in [0.05, 0.1) is 5.02 Å². The fourth-order valence-corrected chi connectivity index (χ4v) is 3.46. The highest BCUT2D eigenvalue weighted by Crippen LogP contribution is 2.29. The van der Waals surface area contributed by atoms with Crippen molar-refractivity contribution in [2.75, 3.05) is 10.6 Å². The van der Waals surface area contributed by atoms with Crippen LogP contribution in [0.4, 0.5) is 11.4 Å². The van der Waals surface area contributed by atoms with Gasteiger partial charge in [0.25, 0.3) is 5.91 Å². The van der Waals surface area contributed by atoms with E-state index < -0.39 is 5.66 Å². The zero-order chi connectivity index (χ0) is 21.1. The molecule has 1 aliphatic rings. The fraction of sp³-hybridized carbons (Fsp3) is 0.125. The Hall–Kier alpha value is -2.99. The molecular formula is C24H23Cl2N3O2. The number of halogens is 2. The lowest BCUT2D eigenvalue weighted by Gasteiger charge is -2.28. The third-order valence-corrected chi connectivity index (χ3v) is 5.12. The van der Waals surface area contributed by atoms with Crippen LogP contribution in [0.15, 0.2) is 72.8 Å². The van der Waals surface area contributed by atoms with Gasteiger partial charge in [-0.2, -0.15) is 0 Å². The van der Waals surface area contributed by atoms with E-state index in [-0.39, 0.29) is 24.9 Å². The number of carbonyl (C=O) groups excluding carboxylic acids is 1. The van der Waals surface area contributed by atoms with E-state index in [2.05, 4.69) is 10.6 Å². The number of fused-ring (bicyclic) bond motifs is 1. The molecule has 4 N–H and O–H groups in total. The normalized spacial score (nSPS) is 16.5. The predicted molar refractivity (Wildman–Crippen MR) is 129 cm³/mol. The summed E-state index contributed by atoms with van der Waals surface area (Å²) in [5.74, 6) is 0.375. The molecule has 31 heavy (non-hydrogen) atoms. The number of nitrogens with one attached hydrogen (secondary N) is 2. The van der Waals surface area contributed by atoms with Gasteiger partial charge in [-0.15, -0.1) is 12.4 Å². The molecular weight excluding hydrogens is 433 g/mol. The van der Waals surface area contributed by atoms with Crippen molar-refractivity contribution in [2.24, 2.45) is 5.73 Å². The number of amides is 1. The second kappa shape index (κ2) is 9.43. The van der Waals surface area contributed by atoms with Crippen molar-refractivity contribution in [2.45, 2.75) is 19.2 Å². The van der Waals surface area contributed by atoms with Gasteiger partial charge in [0, 0.05) is 22.5 Å². The van der Waals surface area contributed by atoms with Crippen molar-refractivity contribution in [3.05, 3.63) is 94.5 Å². The Morgan fingerprint density at radius 1 is 1.13 bits per heavy atom. The van der Waals surface area contributed by atoms with Crippen LogP contribution in [-0.2, 0) is 6.61 Å². The molecule has 5 nitrogen and oxygen atoms in total. The highest BCUT2D eigenvalue weighted by atomic mass is 35.5. The van der Waals surface area contributed by atoms with Gasteiger partial charge >= 0.3 is 0 Å². The molecule has 1 heterocycles. The minimum atomic E-state index is -0.585. The van der Waals surface area contributed by atoms with E-state index in [4.69, 9.17) is 22.1 Å². The smallest absolute Gasteiger partial charge is 0.256 e. The van der Waals surface area contributed by atoms with Crippen LogP contribution in [-0.4, -0.2) is 11.6 Å². The lowest BCUT2D eigenvalue weighted by molar-refractivity contribution is 0.102. The quantitative estimate of drug-likeness (QED) is 0.460. The van der Waals surface area contributed by atoms with Crippen molar-refractivity contribution in [1.82, 2.24) is 0 Å². The van der Waals surface area contributed by atoms with E-state index >= 15 is 0 Å². The summed E-state index contributed by atoms with van der Waals surface area (Å²) >= 11 is 6.15. The summed E-state index contributed by atoms with van der Waals surface area (Å²) in [5, 5.41) is 6.74. The number of benzene rings is 3. The Balaban J connectivity index is 0.00000272. The van der Waals surface area contributed by atoms with Gasteiger partial charge in [-0.05, 0) is 55.0 Å². The summed E-state index contributed by atoms with van der Waals surface area (Å²) in [6.45, 7) is 2.13. The maximum atomic E-state index is 12.9. The van der Waals surface area contributed by atoms with Gasteiger partial charge in [0.15, 0.2) is 0 Å². The van der Waals surface area contributed by atoms with E-state index in [1.54, 1.807) is 18.2 Å². The number of para-hydroxylation sites is 1. The minimum absolute atomic E-state index is 0. The van der Waals surface area contributed by atoms with Gasteiger partial charge in [-0.25, -0.2) is 0 Å². The highest BCUT2D eigenvalue weighted by Gasteiger charge is 2.20. The first-order valence-corrected chi connectivity index (χ1v) is 9.96. The Morgan fingerprint density at radius 3 is 2.68 bits per heavy atom. The Kier molecular flexibility index (Phi) is 6.91. The summed E-state index contributed by atoms with van der Waals surface area (Å²) in [6.07, 6.45) is 3.84. The molecule has 0 spiro atoms. The van der Waals surface area contributed by atoms with Crippen LogP contribution >= 0.6 is 24.0 Å². The molecule has 0 fully saturated rings. The summed E-state index contributed by atoms with van der Waals surface area (Å²) in [5.41, 5.74) is 9.42. The number of rotatable bonds is 5. The largest absolute Gasteiger partial charge is 0.487 e. The topological polar surface area (TPSA) is 76.4 Å². The van der Waals surface area contributed by atoms with Crippen LogP contribution in [0.3, 0.4) is 0 Å². The Morgan fingerprint density at radius 2 is 1.87 bits per heavy atom. The number of anilines is 2. The van der Waals surface area contributed by atoms with E-state index in [9.17, 15) is 4.79 Å². The van der Waals surface area contributed by atoms with Crippen LogP contribution in [0.5, 0.6) is 5.75 Å². The Bertz CT molecular complexity index is 1130. The summed E-state index contributed by atoms with van der Waals surface area (Å²) in [6, 6.07) is 20.3. The molecule has 0 aromatic heterocycles. The lowest BCUT2D eigenvalue weighted by Crippen LogP contribution is -2.43. The number of hydrogen-bond donors (Lipinski definition) is 3. The number of nitrogens with two attached hydrogens (primary N) is 1. The van der Waals surface area contributed by atoms with Gasteiger partial charge in [0.1, 0.15) is 18.0 Å². The van der Waals surface area contributed by atoms with Crippen molar-refractivity contribution in [3.63, 3.8) is 0 Å². The number of ether oxygens (including phenoxy) is 1. The van der Waals surface area contributed by atoms with Crippen molar-refractivity contribution >= 4 is 47.4 Å². The molecule has 0 saturated carbocycles. The molecule has 3 aromatic carbocycles. The van der Waals surface area contributed by atoms with Crippen molar-refractivity contribution in [1.29, 1.82) is 0 Å². The standard InChI is InChI=1S/C24H22ClN3O2.ClH/c1-24(26)13-12-16-14-18(10-11-21(16)28-24)27-23(29)19-7-3-2-6-17(19)15-30-22-9-5-4-8-20(22)25;/h2-14,28H,15,26H2,1H3,(H,27,29);1H. The van der Waals surface area contributed by atoms with Crippen LogP contribution < -0.4 is 21.1 Å². The van der Waals surface area contributed by atoms with Gasteiger partial charge < -0.3 is 21.1 Å². The molecule has 0 saturated heterocycles. The first kappa shape index (κ1) is 22.7. The second-order valence-electron chi connectivity index (χ2n) is 7.37. The molecule has 0 radical (unpaired) electrons. The maximum absolute atomic E-state index is 12.9.